The molecule has 1 aliphatic heterocycles. The first-order valence-electron chi connectivity index (χ1n) is 10.7. The fourth-order valence-corrected chi connectivity index (χ4v) is 3.75. The third kappa shape index (κ3) is 4.67. The normalized spacial score (nSPS) is 18.2. The highest BCUT2D eigenvalue weighted by atomic mass is 16.5. The van der Waals surface area contributed by atoms with Gasteiger partial charge in [0.1, 0.15) is 18.1 Å². The van der Waals surface area contributed by atoms with E-state index < -0.39 is 5.91 Å². The van der Waals surface area contributed by atoms with Gasteiger partial charge < -0.3 is 20.5 Å². The van der Waals surface area contributed by atoms with Crippen LogP contribution in [-0.4, -0.2) is 41.3 Å². The van der Waals surface area contributed by atoms with Crippen molar-refractivity contribution < 1.29 is 23.9 Å². The maximum Gasteiger partial charge on any atom is 0.252 e. The van der Waals surface area contributed by atoms with Gasteiger partial charge in [0.2, 0.25) is 11.8 Å². The fraction of sp³-hybridized carbons (Fsp3) is 0.417. The molecular formula is C24H25N3O5. The molecular weight excluding hydrogens is 410 g/mol. The Labute approximate surface area is 185 Å². The number of hydrogen-bond acceptors (Lipinski definition) is 6. The molecule has 1 saturated heterocycles. The highest BCUT2D eigenvalue weighted by Crippen LogP contribution is 2.34. The van der Waals surface area contributed by atoms with Gasteiger partial charge in [0.05, 0.1) is 23.3 Å². The van der Waals surface area contributed by atoms with Crippen molar-refractivity contribution >= 4 is 28.4 Å². The van der Waals surface area contributed by atoms with E-state index in [1.807, 2.05) is 13.8 Å². The van der Waals surface area contributed by atoms with E-state index in [2.05, 4.69) is 22.1 Å². The Morgan fingerprint density at radius 1 is 1.28 bits per heavy atom. The highest BCUT2D eigenvalue weighted by molar-refractivity contribution is 6.03. The summed E-state index contributed by atoms with van der Waals surface area (Å²) in [6.45, 7) is 3.99. The van der Waals surface area contributed by atoms with Crippen LogP contribution in [0.2, 0.25) is 0 Å². The summed E-state index contributed by atoms with van der Waals surface area (Å²) in [5.74, 6) is 6.55. The Hall–Kier alpha value is -3.60. The molecule has 32 heavy (non-hydrogen) atoms. The minimum Gasteiger partial charge on any atom is -0.490 e. The molecule has 1 atom stereocenters. The molecule has 8 heteroatoms. The second-order valence-electron chi connectivity index (χ2n) is 8.43. The van der Waals surface area contributed by atoms with Crippen LogP contribution in [0, 0.1) is 17.8 Å². The fourth-order valence-electron chi connectivity index (χ4n) is 3.75. The Morgan fingerprint density at radius 2 is 2.06 bits per heavy atom. The molecule has 0 radical (unpaired) electrons. The van der Waals surface area contributed by atoms with Crippen LogP contribution in [0.25, 0.3) is 10.8 Å². The summed E-state index contributed by atoms with van der Waals surface area (Å²) in [7, 11) is 0. The lowest BCUT2D eigenvalue weighted by Crippen LogP contribution is -2.31. The van der Waals surface area contributed by atoms with Crippen molar-refractivity contribution in [2.75, 3.05) is 6.61 Å². The monoisotopic (exact) mass is 435 g/mol. The lowest BCUT2D eigenvalue weighted by Gasteiger charge is -2.18. The molecule has 1 aromatic heterocycles. The summed E-state index contributed by atoms with van der Waals surface area (Å²) in [5, 5.41) is 4.16. The number of hydrogen-bond donors (Lipinski definition) is 2. The van der Waals surface area contributed by atoms with E-state index in [1.54, 1.807) is 18.3 Å². The van der Waals surface area contributed by atoms with E-state index in [-0.39, 0.29) is 41.9 Å². The van der Waals surface area contributed by atoms with Gasteiger partial charge in [-0.2, -0.15) is 0 Å². The molecule has 2 aliphatic rings. The van der Waals surface area contributed by atoms with Gasteiger partial charge in [-0.25, -0.2) is 4.98 Å². The Kier molecular flexibility index (Phi) is 5.99. The molecule has 2 aromatic rings. The van der Waals surface area contributed by atoms with Crippen LogP contribution in [0.5, 0.6) is 11.6 Å². The Bertz CT molecular complexity index is 1150. The number of nitrogens with two attached hydrogens (primary N) is 1. The number of Topliss-reactive ketones (excluding diaryl/α,β-unsaturated/α-hetero) is 1. The number of nitrogens with one attached hydrogen (secondary N) is 1. The molecule has 8 nitrogen and oxygen atoms in total. The number of nitrogens with zero attached hydrogens (tertiary/aromatic N) is 1. The van der Waals surface area contributed by atoms with Gasteiger partial charge in [0.15, 0.2) is 0 Å². The molecule has 1 saturated carbocycles. The number of amides is 2. The largest absolute Gasteiger partial charge is 0.490 e. The number of primary amides is 1. The van der Waals surface area contributed by atoms with E-state index in [4.69, 9.17) is 15.2 Å². The van der Waals surface area contributed by atoms with Crippen molar-refractivity contribution in [3.05, 3.63) is 29.5 Å². The smallest absolute Gasteiger partial charge is 0.252 e. The molecule has 1 aromatic carbocycles. The van der Waals surface area contributed by atoms with Crippen molar-refractivity contribution in [2.45, 2.75) is 51.7 Å². The quantitative estimate of drug-likeness (QED) is 0.671. The summed E-state index contributed by atoms with van der Waals surface area (Å²) in [6.07, 6.45) is 3.53. The van der Waals surface area contributed by atoms with Gasteiger partial charge in [-0.15, -0.1) is 0 Å². The number of pyridine rings is 1. The van der Waals surface area contributed by atoms with E-state index in [0.717, 1.165) is 0 Å². The summed E-state index contributed by atoms with van der Waals surface area (Å²) in [5.41, 5.74) is 6.47. The molecule has 4 rings (SSSR count). The number of carbonyl (C=O) groups excluding carboxylic acids is 3. The molecule has 0 bridgehead atoms. The van der Waals surface area contributed by atoms with Crippen LogP contribution in [0.15, 0.2) is 18.3 Å². The topological polar surface area (TPSA) is 121 Å². The average molecular weight is 435 g/mol. The van der Waals surface area contributed by atoms with E-state index in [9.17, 15) is 14.4 Å². The van der Waals surface area contributed by atoms with Crippen molar-refractivity contribution in [3.8, 4) is 23.5 Å². The van der Waals surface area contributed by atoms with E-state index in [1.165, 1.54) is 0 Å². The average Bonchev–Trinajstić information content (AvgIpc) is 3.13. The van der Waals surface area contributed by atoms with Gasteiger partial charge in [0.25, 0.3) is 5.91 Å². The molecule has 1 unspecified atom stereocenters. The molecule has 2 fully saturated rings. The SMILES string of the molecule is CC(C)Oc1cc2c(OCC3CCC(=O)N3)ncc(C#CC3CC(=O)C3)c2cc1C(N)=O. The predicted molar refractivity (Wildman–Crippen MR) is 117 cm³/mol. The number of ketones is 1. The van der Waals surface area contributed by atoms with E-state index in [0.29, 0.717) is 53.6 Å². The maximum absolute atomic E-state index is 12.1. The zero-order valence-electron chi connectivity index (χ0n) is 18.1. The lowest BCUT2D eigenvalue weighted by molar-refractivity contribution is -0.125. The second-order valence-corrected chi connectivity index (χ2v) is 8.43. The summed E-state index contributed by atoms with van der Waals surface area (Å²) < 4.78 is 11.8. The predicted octanol–water partition coefficient (Wildman–Crippen LogP) is 2.11. The summed E-state index contributed by atoms with van der Waals surface area (Å²) >= 11 is 0. The van der Waals surface area contributed by atoms with Crippen LogP contribution < -0.4 is 20.5 Å². The van der Waals surface area contributed by atoms with Crippen LogP contribution in [0.1, 0.15) is 55.5 Å². The standard InChI is InChI=1S/C24H25N3O5/c1-13(2)32-21-10-19-18(9-20(21)23(25)30)15(4-3-14-7-17(28)8-14)11-26-24(19)31-12-16-5-6-22(29)27-16/h9-11,13-14,16H,5-8,12H2,1-2H3,(H2,25,30)(H,27,29). The van der Waals surface area contributed by atoms with Gasteiger partial charge in [-0.1, -0.05) is 11.8 Å². The van der Waals surface area contributed by atoms with Gasteiger partial charge >= 0.3 is 0 Å². The number of rotatable bonds is 6. The van der Waals surface area contributed by atoms with Crippen LogP contribution in [0.4, 0.5) is 0 Å². The zero-order chi connectivity index (χ0) is 22.8. The third-order valence-electron chi connectivity index (χ3n) is 5.44. The molecule has 1 aliphatic carbocycles. The Balaban J connectivity index is 1.75. The highest BCUT2D eigenvalue weighted by Gasteiger charge is 2.25. The number of fused-ring (bicyclic) bond motifs is 1. The number of carbonyl (C=O) groups is 3. The molecule has 0 spiro atoms. The number of ether oxygens (including phenoxy) is 2. The summed E-state index contributed by atoms with van der Waals surface area (Å²) in [4.78, 5) is 39.3. The first-order chi connectivity index (χ1) is 15.3. The van der Waals surface area contributed by atoms with Gasteiger partial charge in [-0.05, 0) is 32.4 Å². The third-order valence-corrected chi connectivity index (χ3v) is 5.44. The summed E-state index contributed by atoms with van der Waals surface area (Å²) in [6, 6.07) is 3.27. The van der Waals surface area contributed by atoms with Crippen LogP contribution >= 0.6 is 0 Å². The maximum atomic E-state index is 12.1. The first kappa shape index (κ1) is 21.6. The van der Waals surface area contributed by atoms with Crippen LogP contribution in [-0.2, 0) is 9.59 Å². The molecule has 3 N–H and O–H groups in total. The molecule has 166 valence electrons. The molecule has 2 amide bonds. The van der Waals surface area contributed by atoms with Crippen molar-refractivity contribution in [1.82, 2.24) is 10.3 Å². The van der Waals surface area contributed by atoms with E-state index >= 15 is 0 Å². The zero-order valence-corrected chi connectivity index (χ0v) is 18.1. The lowest BCUT2D eigenvalue weighted by atomic mass is 9.84. The number of aromatic nitrogens is 1. The molecule has 2 heterocycles. The van der Waals surface area contributed by atoms with Gasteiger partial charge in [0, 0.05) is 42.1 Å². The second kappa shape index (κ2) is 8.87. The van der Waals surface area contributed by atoms with Gasteiger partial charge in [-0.3, -0.25) is 14.4 Å². The van der Waals surface area contributed by atoms with Crippen molar-refractivity contribution in [3.63, 3.8) is 0 Å². The minimum atomic E-state index is -0.612. The first-order valence-corrected chi connectivity index (χ1v) is 10.7. The van der Waals surface area contributed by atoms with Crippen molar-refractivity contribution in [2.24, 2.45) is 11.7 Å². The Morgan fingerprint density at radius 3 is 2.69 bits per heavy atom. The van der Waals surface area contributed by atoms with Crippen LogP contribution in [0.3, 0.4) is 0 Å². The minimum absolute atomic E-state index is 0.00948. The van der Waals surface area contributed by atoms with Crippen molar-refractivity contribution in [1.29, 1.82) is 0 Å². The number of benzene rings is 1.